The number of pyridine rings is 1. The lowest BCUT2D eigenvalue weighted by molar-refractivity contribution is 0.0542. The molecule has 1 aromatic carbocycles. The molecule has 1 aliphatic heterocycles. The van der Waals surface area contributed by atoms with Gasteiger partial charge in [-0.05, 0) is 43.0 Å². The maximum absolute atomic E-state index is 5.97. The number of aromatic nitrogens is 1. The monoisotopic (exact) mass is 316 g/mol. The van der Waals surface area contributed by atoms with Crippen molar-refractivity contribution in [1.82, 2.24) is 4.98 Å². The van der Waals surface area contributed by atoms with Gasteiger partial charge < -0.3 is 10.1 Å². The molecule has 2 heterocycles. The summed E-state index contributed by atoms with van der Waals surface area (Å²) in [5.74, 6) is 0. The summed E-state index contributed by atoms with van der Waals surface area (Å²) in [4.78, 5) is 4.03. The Labute approximate surface area is 136 Å². The first-order valence-electron chi connectivity index (χ1n) is 7.69. The highest BCUT2D eigenvalue weighted by Crippen LogP contribution is 2.37. The summed E-state index contributed by atoms with van der Waals surface area (Å²) in [6.07, 6.45) is 3.79. The molecule has 0 aliphatic carbocycles. The van der Waals surface area contributed by atoms with Crippen molar-refractivity contribution in [1.29, 1.82) is 0 Å². The van der Waals surface area contributed by atoms with Gasteiger partial charge in [0.05, 0.1) is 0 Å². The first-order chi connectivity index (χ1) is 10.7. The standard InChI is InChI=1S/C18H21ClN2O/c1-14-4-2-3-5-16(14)18(7-10-22-11-8-18)13-21-15-6-9-20-17(19)12-15/h2-6,9,12H,7-8,10-11,13H2,1H3,(H,20,21). The summed E-state index contributed by atoms with van der Waals surface area (Å²) in [6, 6.07) is 12.5. The average Bonchev–Trinajstić information content (AvgIpc) is 2.54. The molecule has 0 spiro atoms. The maximum Gasteiger partial charge on any atom is 0.131 e. The van der Waals surface area contributed by atoms with Crippen LogP contribution in [0.5, 0.6) is 0 Å². The van der Waals surface area contributed by atoms with E-state index in [1.165, 1.54) is 11.1 Å². The quantitative estimate of drug-likeness (QED) is 0.858. The van der Waals surface area contributed by atoms with Crippen LogP contribution in [0.2, 0.25) is 5.15 Å². The third kappa shape index (κ3) is 3.26. The normalized spacial score (nSPS) is 17.2. The van der Waals surface area contributed by atoms with E-state index in [0.29, 0.717) is 5.15 Å². The molecule has 0 unspecified atom stereocenters. The van der Waals surface area contributed by atoms with E-state index in [-0.39, 0.29) is 5.41 Å². The van der Waals surface area contributed by atoms with E-state index < -0.39 is 0 Å². The molecule has 0 bridgehead atoms. The lowest BCUT2D eigenvalue weighted by atomic mass is 9.72. The van der Waals surface area contributed by atoms with Gasteiger partial charge in [-0.3, -0.25) is 0 Å². The van der Waals surface area contributed by atoms with Crippen molar-refractivity contribution in [3.8, 4) is 0 Å². The first kappa shape index (κ1) is 15.3. The van der Waals surface area contributed by atoms with Gasteiger partial charge in [0.1, 0.15) is 5.15 Å². The number of aryl methyl sites for hydroxylation is 1. The van der Waals surface area contributed by atoms with Crippen LogP contribution in [-0.2, 0) is 10.2 Å². The largest absolute Gasteiger partial charge is 0.384 e. The molecule has 1 aliphatic rings. The number of benzene rings is 1. The summed E-state index contributed by atoms with van der Waals surface area (Å²) < 4.78 is 5.60. The third-order valence-electron chi connectivity index (χ3n) is 4.52. The average molecular weight is 317 g/mol. The van der Waals surface area contributed by atoms with Crippen molar-refractivity contribution in [2.45, 2.75) is 25.2 Å². The van der Waals surface area contributed by atoms with Crippen LogP contribution in [0.25, 0.3) is 0 Å². The van der Waals surface area contributed by atoms with Crippen LogP contribution < -0.4 is 5.32 Å². The predicted molar refractivity (Wildman–Crippen MR) is 90.6 cm³/mol. The van der Waals surface area contributed by atoms with Crippen LogP contribution in [-0.4, -0.2) is 24.7 Å². The van der Waals surface area contributed by atoms with Crippen LogP contribution >= 0.6 is 11.6 Å². The number of rotatable bonds is 4. The summed E-state index contributed by atoms with van der Waals surface area (Å²) in [7, 11) is 0. The molecule has 1 fully saturated rings. The molecular formula is C18H21ClN2O. The van der Waals surface area contributed by atoms with Gasteiger partial charge in [0.2, 0.25) is 0 Å². The van der Waals surface area contributed by atoms with Crippen molar-refractivity contribution in [3.63, 3.8) is 0 Å². The first-order valence-corrected chi connectivity index (χ1v) is 8.07. The Bertz CT molecular complexity index is 638. The molecule has 0 atom stereocenters. The third-order valence-corrected chi connectivity index (χ3v) is 4.73. The molecule has 2 aromatic rings. The molecule has 4 heteroatoms. The minimum absolute atomic E-state index is 0.110. The van der Waals surface area contributed by atoms with E-state index in [1.54, 1.807) is 6.20 Å². The molecule has 22 heavy (non-hydrogen) atoms. The van der Waals surface area contributed by atoms with Gasteiger partial charge in [-0.25, -0.2) is 4.98 Å². The minimum atomic E-state index is 0.110. The van der Waals surface area contributed by atoms with E-state index in [1.807, 2.05) is 12.1 Å². The summed E-state index contributed by atoms with van der Waals surface area (Å²) in [5, 5.41) is 4.06. The van der Waals surface area contributed by atoms with Gasteiger partial charge in [-0.15, -0.1) is 0 Å². The van der Waals surface area contributed by atoms with E-state index in [4.69, 9.17) is 16.3 Å². The zero-order chi connectivity index (χ0) is 15.4. The number of halogens is 1. The number of nitrogens with zero attached hydrogens (tertiary/aromatic N) is 1. The minimum Gasteiger partial charge on any atom is -0.384 e. The van der Waals surface area contributed by atoms with Crippen LogP contribution in [0.15, 0.2) is 42.6 Å². The lowest BCUT2D eigenvalue weighted by Gasteiger charge is -2.39. The Balaban J connectivity index is 1.85. The van der Waals surface area contributed by atoms with E-state index >= 15 is 0 Å². The Kier molecular flexibility index (Phi) is 4.65. The lowest BCUT2D eigenvalue weighted by Crippen LogP contribution is -2.40. The Morgan fingerprint density at radius 3 is 2.73 bits per heavy atom. The highest BCUT2D eigenvalue weighted by molar-refractivity contribution is 6.29. The van der Waals surface area contributed by atoms with Gasteiger partial charge >= 0.3 is 0 Å². The van der Waals surface area contributed by atoms with Gasteiger partial charge in [0, 0.05) is 37.1 Å². The van der Waals surface area contributed by atoms with Crippen molar-refractivity contribution in [2.75, 3.05) is 25.1 Å². The molecular weight excluding hydrogens is 296 g/mol. The van der Waals surface area contributed by atoms with Gasteiger partial charge in [0.15, 0.2) is 0 Å². The van der Waals surface area contributed by atoms with E-state index in [2.05, 4.69) is 41.5 Å². The van der Waals surface area contributed by atoms with Crippen LogP contribution in [0, 0.1) is 6.92 Å². The van der Waals surface area contributed by atoms with Crippen molar-refractivity contribution < 1.29 is 4.74 Å². The second-order valence-corrected chi connectivity index (χ2v) is 6.32. The Hall–Kier alpha value is -1.58. The summed E-state index contributed by atoms with van der Waals surface area (Å²) in [6.45, 7) is 4.69. The molecule has 3 rings (SSSR count). The zero-order valence-corrected chi connectivity index (χ0v) is 13.6. The second kappa shape index (κ2) is 6.67. The van der Waals surface area contributed by atoms with Crippen molar-refractivity contribution in [3.05, 3.63) is 58.9 Å². The molecule has 0 saturated carbocycles. The summed E-state index contributed by atoms with van der Waals surface area (Å²) >= 11 is 5.97. The highest BCUT2D eigenvalue weighted by Gasteiger charge is 2.35. The summed E-state index contributed by atoms with van der Waals surface area (Å²) in [5.41, 5.74) is 3.89. The predicted octanol–water partition coefficient (Wildman–Crippen LogP) is 4.20. The fraction of sp³-hybridized carbons (Fsp3) is 0.389. The number of hydrogen-bond donors (Lipinski definition) is 1. The van der Waals surface area contributed by atoms with Crippen LogP contribution in [0.1, 0.15) is 24.0 Å². The van der Waals surface area contributed by atoms with Crippen molar-refractivity contribution in [2.24, 2.45) is 0 Å². The number of hydrogen-bond acceptors (Lipinski definition) is 3. The molecule has 1 saturated heterocycles. The van der Waals surface area contributed by atoms with Crippen molar-refractivity contribution >= 4 is 17.3 Å². The molecule has 0 amide bonds. The molecule has 116 valence electrons. The number of anilines is 1. The molecule has 0 radical (unpaired) electrons. The number of ether oxygens (including phenoxy) is 1. The Morgan fingerprint density at radius 1 is 1.23 bits per heavy atom. The SMILES string of the molecule is Cc1ccccc1C1(CNc2ccnc(Cl)c2)CCOCC1. The fourth-order valence-corrected chi connectivity index (χ4v) is 3.43. The van der Waals surface area contributed by atoms with Gasteiger partial charge in [0.25, 0.3) is 0 Å². The highest BCUT2D eigenvalue weighted by atomic mass is 35.5. The smallest absolute Gasteiger partial charge is 0.131 e. The van der Waals surface area contributed by atoms with Crippen LogP contribution in [0.3, 0.4) is 0 Å². The van der Waals surface area contributed by atoms with E-state index in [9.17, 15) is 0 Å². The maximum atomic E-state index is 5.97. The van der Waals surface area contributed by atoms with Gasteiger partial charge in [-0.2, -0.15) is 0 Å². The Morgan fingerprint density at radius 2 is 2.00 bits per heavy atom. The molecule has 1 N–H and O–H groups in total. The van der Waals surface area contributed by atoms with Gasteiger partial charge in [-0.1, -0.05) is 35.9 Å². The van der Waals surface area contributed by atoms with Crippen LogP contribution in [0.4, 0.5) is 5.69 Å². The molecule has 3 nitrogen and oxygen atoms in total. The topological polar surface area (TPSA) is 34.2 Å². The number of nitrogens with one attached hydrogen (secondary N) is 1. The second-order valence-electron chi connectivity index (χ2n) is 5.93. The zero-order valence-electron chi connectivity index (χ0n) is 12.8. The molecule has 1 aromatic heterocycles. The fourth-order valence-electron chi connectivity index (χ4n) is 3.26. The van der Waals surface area contributed by atoms with E-state index in [0.717, 1.165) is 38.3 Å².